The smallest absolute Gasteiger partial charge is 0.317 e. The molecule has 1 amide bonds. The minimum absolute atomic E-state index is 0.179. The van der Waals surface area contributed by atoms with E-state index in [9.17, 15) is 4.79 Å². The Balaban J connectivity index is 1.53. The highest BCUT2D eigenvalue weighted by Gasteiger charge is 2.25. The van der Waals surface area contributed by atoms with Crippen LogP contribution < -0.4 is 25.0 Å². The first-order chi connectivity index (χ1) is 18.4. The first-order valence-electron chi connectivity index (χ1n) is 12.5. The molecule has 12 heteroatoms. The lowest BCUT2D eigenvalue weighted by Crippen LogP contribution is -2.54. The zero-order valence-corrected chi connectivity index (χ0v) is 22.2. The van der Waals surface area contributed by atoms with Crippen molar-refractivity contribution < 1.29 is 19.0 Å². The number of carbonyl (C=O) groups excluding carboxylic acids is 1. The number of hydrogen-bond donors (Lipinski definition) is 2. The highest BCUT2D eigenvalue weighted by Crippen LogP contribution is 2.31. The summed E-state index contributed by atoms with van der Waals surface area (Å²) in [5.41, 5.74) is 3.22. The number of benzene rings is 1. The monoisotopic (exact) mass is 520 g/mol. The Bertz CT molecular complexity index is 1460. The second kappa shape index (κ2) is 10.8. The summed E-state index contributed by atoms with van der Waals surface area (Å²) in [4.78, 5) is 33.8. The number of amides is 1. The van der Waals surface area contributed by atoms with Gasteiger partial charge in [0.05, 0.1) is 36.7 Å². The van der Waals surface area contributed by atoms with Gasteiger partial charge in [-0.25, -0.2) is 9.97 Å². The van der Waals surface area contributed by atoms with Gasteiger partial charge in [0.25, 0.3) is 11.8 Å². The van der Waals surface area contributed by atoms with Crippen molar-refractivity contribution in [3.63, 3.8) is 0 Å². The van der Waals surface area contributed by atoms with Gasteiger partial charge in [-0.3, -0.25) is 9.20 Å². The van der Waals surface area contributed by atoms with E-state index in [-0.39, 0.29) is 11.9 Å². The maximum atomic E-state index is 13.6. The minimum atomic E-state index is -0.365. The number of imidazole rings is 1. The van der Waals surface area contributed by atoms with Gasteiger partial charge in [-0.15, -0.1) is 0 Å². The van der Waals surface area contributed by atoms with Crippen LogP contribution in [-0.4, -0.2) is 82.9 Å². The van der Waals surface area contributed by atoms with Crippen LogP contribution in [-0.2, 0) is 4.74 Å². The number of carbonyl (C=O) groups is 1. The van der Waals surface area contributed by atoms with Crippen LogP contribution in [0, 0.1) is 6.92 Å². The third kappa shape index (κ3) is 5.18. The standard InChI is InChI=1S/C26H32N8O4/c1-15-11-33(12-16(2)28-15)20-7-6-18(22-19(20)10-27-26(32-22)38-9-8-36-4)24(35)30-21-14-34-13-17(3)29-23(34)25(31-21)37-5/h6-7,10,13-16,28H,8-9,11-12H2,1-5H3,(H,30,35)/t15-,16-/m0/s1. The van der Waals surface area contributed by atoms with Gasteiger partial charge in [-0.05, 0) is 32.9 Å². The van der Waals surface area contributed by atoms with Crippen molar-refractivity contribution in [3.05, 3.63) is 42.0 Å². The summed E-state index contributed by atoms with van der Waals surface area (Å²) in [7, 11) is 3.12. The van der Waals surface area contributed by atoms with Crippen molar-refractivity contribution in [1.29, 1.82) is 0 Å². The number of aryl methyl sites for hydroxylation is 1. The quantitative estimate of drug-likeness (QED) is 0.334. The van der Waals surface area contributed by atoms with E-state index in [1.165, 1.54) is 7.11 Å². The van der Waals surface area contributed by atoms with Crippen molar-refractivity contribution in [2.75, 3.05) is 50.7 Å². The summed E-state index contributed by atoms with van der Waals surface area (Å²) in [5.74, 6) is 0.273. The summed E-state index contributed by atoms with van der Waals surface area (Å²) < 4.78 is 17.9. The van der Waals surface area contributed by atoms with Crippen LogP contribution in [0.3, 0.4) is 0 Å². The fourth-order valence-electron chi connectivity index (χ4n) is 4.83. The van der Waals surface area contributed by atoms with E-state index < -0.39 is 0 Å². The SMILES string of the molecule is COCCOc1ncc2c(N3C[C@H](C)N[C@@H](C)C3)ccc(C(=O)Nc3cn4cc(C)nc4c(OC)n3)c2n1. The van der Waals surface area contributed by atoms with E-state index >= 15 is 0 Å². The lowest BCUT2D eigenvalue weighted by atomic mass is 10.0. The number of ether oxygens (including phenoxy) is 3. The predicted octanol–water partition coefficient (Wildman–Crippen LogP) is 2.45. The molecule has 0 spiro atoms. The van der Waals surface area contributed by atoms with Crippen LogP contribution >= 0.6 is 0 Å². The molecule has 0 radical (unpaired) electrons. The van der Waals surface area contributed by atoms with E-state index in [4.69, 9.17) is 14.2 Å². The van der Waals surface area contributed by atoms with Crippen LogP contribution in [0.25, 0.3) is 16.6 Å². The predicted molar refractivity (Wildman–Crippen MR) is 143 cm³/mol. The average Bonchev–Trinajstić information content (AvgIpc) is 3.27. The molecule has 0 saturated carbocycles. The molecule has 1 fully saturated rings. The number of aromatic nitrogens is 5. The van der Waals surface area contributed by atoms with Crippen molar-refractivity contribution in [3.8, 4) is 11.9 Å². The van der Waals surface area contributed by atoms with E-state index in [2.05, 4.69) is 49.3 Å². The van der Waals surface area contributed by atoms with Crippen molar-refractivity contribution in [2.45, 2.75) is 32.9 Å². The maximum absolute atomic E-state index is 13.6. The maximum Gasteiger partial charge on any atom is 0.317 e. The molecule has 1 aliphatic rings. The number of methoxy groups -OCH3 is 2. The van der Waals surface area contributed by atoms with Crippen LogP contribution in [0.5, 0.6) is 11.9 Å². The molecule has 3 aromatic heterocycles. The topological polar surface area (TPSA) is 128 Å². The molecule has 1 saturated heterocycles. The first-order valence-corrected chi connectivity index (χ1v) is 12.5. The average molecular weight is 521 g/mol. The third-order valence-corrected chi connectivity index (χ3v) is 6.33. The van der Waals surface area contributed by atoms with Crippen LogP contribution in [0.4, 0.5) is 11.5 Å². The highest BCUT2D eigenvalue weighted by atomic mass is 16.5. The number of fused-ring (bicyclic) bond motifs is 2. The number of rotatable bonds is 8. The molecule has 0 unspecified atom stereocenters. The number of nitrogens with one attached hydrogen (secondary N) is 2. The minimum Gasteiger partial charge on any atom is -0.478 e. The molecule has 0 aliphatic carbocycles. The second-order valence-electron chi connectivity index (χ2n) is 9.46. The molecule has 4 heterocycles. The summed E-state index contributed by atoms with van der Waals surface area (Å²) in [6, 6.07) is 4.55. The fourth-order valence-corrected chi connectivity index (χ4v) is 4.83. The molecule has 200 valence electrons. The Kier molecular flexibility index (Phi) is 7.25. The van der Waals surface area contributed by atoms with Crippen molar-refractivity contribution >= 4 is 34.0 Å². The molecule has 0 bridgehead atoms. The van der Waals surface area contributed by atoms with Gasteiger partial charge in [0.1, 0.15) is 6.61 Å². The number of hydrogen-bond acceptors (Lipinski definition) is 10. The second-order valence-corrected chi connectivity index (χ2v) is 9.46. The summed E-state index contributed by atoms with van der Waals surface area (Å²) in [6.45, 7) is 8.54. The molecule has 1 aromatic carbocycles. The Morgan fingerprint density at radius 2 is 1.89 bits per heavy atom. The Labute approximate surface area is 220 Å². The van der Waals surface area contributed by atoms with Gasteiger partial charge in [0.2, 0.25) is 5.65 Å². The lowest BCUT2D eigenvalue weighted by molar-refractivity contribution is 0.102. The first kappa shape index (κ1) is 25.6. The van der Waals surface area contributed by atoms with Crippen LogP contribution in [0.15, 0.2) is 30.7 Å². The summed E-state index contributed by atoms with van der Waals surface area (Å²) in [6.07, 6.45) is 5.26. The van der Waals surface area contributed by atoms with Gasteiger partial charge >= 0.3 is 6.01 Å². The van der Waals surface area contributed by atoms with E-state index in [1.807, 2.05) is 19.2 Å². The zero-order valence-electron chi connectivity index (χ0n) is 22.2. The lowest BCUT2D eigenvalue weighted by Gasteiger charge is -2.38. The molecular weight excluding hydrogens is 488 g/mol. The molecule has 2 N–H and O–H groups in total. The van der Waals surface area contributed by atoms with Gasteiger partial charge in [0, 0.05) is 55.8 Å². The van der Waals surface area contributed by atoms with Crippen molar-refractivity contribution in [1.82, 2.24) is 29.7 Å². The Hall–Kier alpha value is -4.03. The molecule has 4 aromatic rings. The molecule has 5 rings (SSSR count). The molecule has 1 aliphatic heterocycles. The largest absolute Gasteiger partial charge is 0.478 e. The molecule has 12 nitrogen and oxygen atoms in total. The van der Waals surface area contributed by atoms with Crippen molar-refractivity contribution in [2.24, 2.45) is 0 Å². The van der Waals surface area contributed by atoms with E-state index in [1.54, 1.807) is 30.0 Å². The molecular formula is C26H32N8O4. The van der Waals surface area contributed by atoms with E-state index in [0.717, 1.165) is 29.9 Å². The van der Waals surface area contributed by atoms with Crippen LogP contribution in [0.2, 0.25) is 0 Å². The third-order valence-electron chi connectivity index (χ3n) is 6.33. The van der Waals surface area contributed by atoms with Gasteiger partial charge in [0.15, 0.2) is 5.82 Å². The number of piperazine rings is 1. The van der Waals surface area contributed by atoms with Gasteiger partial charge < -0.3 is 29.7 Å². The van der Waals surface area contributed by atoms with Crippen LogP contribution in [0.1, 0.15) is 29.9 Å². The highest BCUT2D eigenvalue weighted by molar-refractivity contribution is 6.13. The van der Waals surface area contributed by atoms with Gasteiger partial charge in [-0.1, -0.05) is 0 Å². The van der Waals surface area contributed by atoms with E-state index in [0.29, 0.717) is 53.7 Å². The zero-order chi connectivity index (χ0) is 26.8. The molecule has 38 heavy (non-hydrogen) atoms. The summed E-state index contributed by atoms with van der Waals surface area (Å²) in [5, 5.41) is 7.21. The summed E-state index contributed by atoms with van der Waals surface area (Å²) >= 11 is 0. The fraction of sp³-hybridized carbons (Fsp3) is 0.423. The Morgan fingerprint density at radius 3 is 2.63 bits per heavy atom. The number of anilines is 2. The number of nitrogens with zero attached hydrogens (tertiary/aromatic N) is 6. The van der Waals surface area contributed by atoms with Gasteiger partial charge in [-0.2, -0.15) is 9.97 Å². The normalized spacial score (nSPS) is 17.7. The Morgan fingerprint density at radius 1 is 1.11 bits per heavy atom. The molecule has 2 atom stereocenters.